The molecule has 3 aromatic rings. The fourth-order valence-electron chi connectivity index (χ4n) is 4.51. The molecule has 1 N–H and O–H groups in total. The standard InChI is InChI=1S/C24H26ClN5O/c1-15-9-16(2)24(27-11-15)19-10-23(26-12-20(19)25)29-8-6-21-17(13-29)3-4-22(28-21)30-7-5-18(31)14-30/h3-4,9-12,18,31H,5-8,13-14H2,1-2H3. The minimum absolute atomic E-state index is 0.245. The normalized spacial score (nSPS) is 18.4. The van der Waals surface area contributed by atoms with Crippen LogP contribution < -0.4 is 9.80 Å². The summed E-state index contributed by atoms with van der Waals surface area (Å²) in [4.78, 5) is 18.6. The highest BCUT2D eigenvalue weighted by Crippen LogP contribution is 2.33. The molecule has 0 bridgehead atoms. The van der Waals surface area contributed by atoms with E-state index in [0.29, 0.717) is 11.6 Å². The van der Waals surface area contributed by atoms with Crippen LogP contribution in [0.5, 0.6) is 0 Å². The number of pyridine rings is 3. The Hall–Kier alpha value is -2.70. The average molecular weight is 436 g/mol. The summed E-state index contributed by atoms with van der Waals surface area (Å²) >= 11 is 6.50. The maximum Gasteiger partial charge on any atom is 0.129 e. The topological polar surface area (TPSA) is 65.4 Å². The van der Waals surface area contributed by atoms with Crippen molar-refractivity contribution in [2.75, 3.05) is 29.4 Å². The number of β-amino-alcohol motifs (C(OH)–C–C–N with tert-alkyl or cyclic N) is 1. The van der Waals surface area contributed by atoms with Gasteiger partial charge >= 0.3 is 0 Å². The van der Waals surface area contributed by atoms with Crippen LogP contribution >= 0.6 is 11.6 Å². The first kappa shape index (κ1) is 20.2. The molecular formula is C24H26ClN5O. The number of rotatable bonds is 3. The second-order valence-electron chi connectivity index (χ2n) is 8.54. The minimum atomic E-state index is -0.245. The molecule has 0 radical (unpaired) electrons. The van der Waals surface area contributed by atoms with E-state index < -0.39 is 0 Å². The van der Waals surface area contributed by atoms with Crippen LogP contribution in [0.25, 0.3) is 11.3 Å². The van der Waals surface area contributed by atoms with Gasteiger partial charge in [-0.05, 0) is 49.1 Å². The van der Waals surface area contributed by atoms with E-state index >= 15 is 0 Å². The highest BCUT2D eigenvalue weighted by molar-refractivity contribution is 6.33. The van der Waals surface area contributed by atoms with Crippen LogP contribution in [0.1, 0.15) is 28.8 Å². The smallest absolute Gasteiger partial charge is 0.129 e. The third-order valence-corrected chi connectivity index (χ3v) is 6.46. The zero-order valence-corrected chi connectivity index (χ0v) is 18.6. The quantitative estimate of drug-likeness (QED) is 0.672. The Kier molecular flexibility index (Phi) is 5.28. The Bertz CT molecular complexity index is 1130. The predicted molar refractivity (Wildman–Crippen MR) is 124 cm³/mol. The third kappa shape index (κ3) is 3.98. The Balaban J connectivity index is 1.40. The fourth-order valence-corrected chi connectivity index (χ4v) is 4.70. The summed E-state index contributed by atoms with van der Waals surface area (Å²) in [6, 6.07) is 8.40. The summed E-state index contributed by atoms with van der Waals surface area (Å²) in [6.45, 7) is 7.25. The van der Waals surface area contributed by atoms with Gasteiger partial charge in [-0.15, -0.1) is 0 Å². The minimum Gasteiger partial charge on any atom is -0.391 e. The number of hydrogen-bond acceptors (Lipinski definition) is 6. The number of fused-ring (bicyclic) bond motifs is 1. The lowest BCUT2D eigenvalue weighted by Crippen LogP contribution is -2.32. The van der Waals surface area contributed by atoms with Gasteiger partial charge in [0.1, 0.15) is 11.6 Å². The lowest BCUT2D eigenvalue weighted by Gasteiger charge is -2.30. The molecule has 2 aliphatic heterocycles. The molecule has 5 rings (SSSR count). The predicted octanol–water partition coefficient (Wildman–Crippen LogP) is 3.94. The van der Waals surface area contributed by atoms with Gasteiger partial charge in [-0.2, -0.15) is 0 Å². The van der Waals surface area contributed by atoms with Crippen LogP contribution in [0, 0.1) is 13.8 Å². The van der Waals surface area contributed by atoms with E-state index in [4.69, 9.17) is 16.6 Å². The lowest BCUT2D eigenvalue weighted by molar-refractivity contribution is 0.198. The molecule has 5 heterocycles. The van der Waals surface area contributed by atoms with Crippen molar-refractivity contribution in [3.63, 3.8) is 0 Å². The molecule has 0 amide bonds. The molecule has 2 aliphatic rings. The van der Waals surface area contributed by atoms with Crippen LogP contribution in [0.2, 0.25) is 5.02 Å². The molecular weight excluding hydrogens is 410 g/mol. The van der Waals surface area contributed by atoms with Crippen LogP contribution in [-0.4, -0.2) is 45.8 Å². The summed E-state index contributed by atoms with van der Waals surface area (Å²) in [5.41, 5.74) is 6.41. The Morgan fingerprint density at radius 2 is 1.90 bits per heavy atom. The van der Waals surface area contributed by atoms with Crippen molar-refractivity contribution in [2.45, 2.75) is 39.3 Å². The molecule has 1 atom stereocenters. The van der Waals surface area contributed by atoms with Crippen LogP contribution in [0.3, 0.4) is 0 Å². The Labute approximate surface area is 187 Å². The summed E-state index contributed by atoms with van der Waals surface area (Å²) < 4.78 is 0. The molecule has 7 heteroatoms. The number of nitrogens with zero attached hydrogens (tertiary/aromatic N) is 5. The van der Waals surface area contributed by atoms with E-state index in [0.717, 1.165) is 72.2 Å². The lowest BCUT2D eigenvalue weighted by atomic mass is 10.0. The fraction of sp³-hybridized carbons (Fsp3) is 0.375. The number of halogens is 1. The van der Waals surface area contributed by atoms with Gasteiger partial charge in [0.05, 0.1) is 16.8 Å². The third-order valence-electron chi connectivity index (χ3n) is 6.16. The summed E-state index contributed by atoms with van der Waals surface area (Å²) in [5, 5.41) is 10.4. The maximum atomic E-state index is 9.82. The van der Waals surface area contributed by atoms with E-state index in [1.807, 2.05) is 19.2 Å². The summed E-state index contributed by atoms with van der Waals surface area (Å²) in [5.74, 6) is 1.87. The van der Waals surface area contributed by atoms with Crippen molar-refractivity contribution in [2.24, 2.45) is 0 Å². The van der Waals surface area contributed by atoms with E-state index in [2.05, 4.69) is 44.9 Å². The van der Waals surface area contributed by atoms with Gasteiger partial charge in [-0.3, -0.25) is 4.98 Å². The first-order valence-electron chi connectivity index (χ1n) is 10.7. The first-order valence-corrected chi connectivity index (χ1v) is 11.1. The zero-order chi connectivity index (χ0) is 21.5. The van der Waals surface area contributed by atoms with Gasteiger partial charge in [0.2, 0.25) is 0 Å². The number of hydrogen-bond donors (Lipinski definition) is 1. The van der Waals surface area contributed by atoms with Crippen LogP contribution in [0.4, 0.5) is 11.6 Å². The zero-order valence-electron chi connectivity index (χ0n) is 17.8. The van der Waals surface area contributed by atoms with Gasteiger partial charge in [-0.25, -0.2) is 9.97 Å². The molecule has 1 fully saturated rings. The molecule has 0 saturated carbocycles. The summed E-state index contributed by atoms with van der Waals surface area (Å²) in [6.07, 6.45) is 5.03. The van der Waals surface area contributed by atoms with Gasteiger partial charge in [0.15, 0.2) is 0 Å². The molecule has 0 spiro atoms. The SMILES string of the molecule is Cc1cnc(-c2cc(N3CCc4nc(N5CCC(O)C5)ccc4C3)ncc2Cl)c(C)c1. The monoisotopic (exact) mass is 435 g/mol. The van der Waals surface area contributed by atoms with Crippen molar-refractivity contribution >= 4 is 23.2 Å². The molecule has 6 nitrogen and oxygen atoms in total. The maximum absolute atomic E-state index is 9.82. The van der Waals surface area contributed by atoms with Crippen molar-refractivity contribution in [3.8, 4) is 11.3 Å². The van der Waals surface area contributed by atoms with Gasteiger partial charge in [0.25, 0.3) is 0 Å². The molecule has 160 valence electrons. The second kappa shape index (κ2) is 8.09. The largest absolute Gasteiger partial charge is 0.391 e. The van der Waals surface area contributed by atoms with Crippen LogP contribution in [0.15, 0.2) is 36.7 Å². The number of aliphatic hydroxyl groups is 1. The number of aryl methyl sites for hydroxylation is 2. The average Bonchev–Trinajstić information content (AvgIpc) is 3.20. The molecule has 0 aliphatic carbocycles. The number of aliphatic hydroxyl groups excluding tert-OH is 1. The van der Waals surface area contributed by atoms with E-state index in [1.165, 1.54) is 5.56 Å². The number of anilines is 2. The molecule has 31 heavy (non-hydrogen) atoms. The van der Waals surface area contributed by atoms with Crippen molar-refractivity contribution < 1.29 is 5.11 Å². The molecule has 3 aromatic heterocycles. The second-order valence-corrected chi connectivity index (χ2v) is 8.94. The van der Waals surface area contributed by atoms with Crippen LogP contribution in [-0.2, 0) is 13.0 Å². The van der Waals surface area contributed by atoms with Crippen molar-refractivity contribution in [1.82, 2.24) is 15.0 Å². The highest BCUT2D eigenvalue weighted by Gasteiger charge is 2.24. The van der Waals surface area contributed by atoms with E-state index in [-0.39, 0.29) is 6.10 Å². The molecule has 1 saturated heterocycles. The van der Waals surface area contributed by atoms with Gasteiger partial charge < -0.3 is 14.9 Å². The van der Waals surface area contributed by atoms with E-state index in [1.54, 1.807) is 6.20 Å². The van der Waals surface area contributed by atoms with Gasteiger partial charge in [0, 0.05) is 56.3 Å². The Morgan fingerprint density at radius 1 is 1.03 bits per heavy atom. The van der Waals surface area contributed by atoms with E-state index in [9.17, 15) is 5.11 Å². The first-order chi connectivity index (χ1) is 15.0. The summed E-state index contributed by atoms with van der Waals surface area (Å²) in [7, 11) is 0. The number of aromatic nitrogens is 3. The van der Waals surface area contributed by atoms with Gasteiger partial charge in [-0.1, -0.05) is 23.7 Å². The molecule has 1 unspecified atom stereocenters. The van der Waals surface area contributed by atoms with Crippen molar-refractivity contribution in [1.29, 1.82) is 0 Å². The van der Waals surface area contributed by atoms with Crippen molar-refractivity contribution in [3.05, 3.63) is 64.1 Å². The highest BCUT2D eigenvalue weighted by atomic mass is 35.5. The Morgan fingerprint density at radius 3 is 2.68 bits per heavy atom. The molecule has 0 aromatic carbocycles.